The highest BCUT2D eigenvalue weighted by Crippen LogP contribution is 2.39. The van der Waals surface area contributed by atoms with E-state index in [0.717, 1.165) is 13.3 Å². The molecule has 0 saturated heterocycles. The molecular formula is C7H5ClF2N2O3. The van der Waals surface area contributed by atoms with Crippen molar-refractivity contribution < 1.29 is 18.4 Å². The van der Waals surface area contributed by atoms with Crippen molar-refractivity contribution in [3.63, 3.8) is 0 Å². The molecule has 1 rings (SSSR count). The number of nitro groups is 1. The first kappa shape index (κ1) is 11.6. The highest BCUT2D eigenvalue weighted by molar-refractivity contribution is 6.31. The monoisotopic (exact) mass is 238 g/mol. The Morgan fingerprint density at radius 2 is 2.27 bits per heavy atom. The van der Waals surface area contributed by atoms with Gasteiger partial charge in [0.25, 0.3) is 12.3 Å². The lowest BCUT2D eigenvalue weighted by Gasteiger charge is -2.06. The van der Waals surface area contributed by atoms with Crippen molar-refractivity contribution in [2.75, 3.05) is 7.11 Å². The third-order valence-corrected chi connectivity index (χ3v) is 1.91. The van der Waals surface area contributed by atoms with Crippen molar-refractivity contribution in [2.45, 2.75) is 6.43 Å². The van der Waals surface area contributed by atoms with Gasteiger partial charge in [-0.25, -0.2) is 13.8 Å². The molecule has 0 fully saturated rings. The molecule has 8 heteroatoms. The van der Waals surface area contributed by atoms with Gasteiger partial charge in [0, 0.05) is 0 Å². The largest absolute Gasteiger partial charge is 0.476 e. The molecule has 15 heavy (non-hydrogen) atoms. The summed E-state index contributed by atoms with van der Waals surface area (Å²) in [4.78, 5) is 13.0. The van der Waals surface area contributed by atoms with Crippen LogP contribution in [-0.2, 0) is 0 Å². The molecule has 0 aliphatic heterocycles. The molecular weight excluding hydrogens is 234 g/mol. The fourth-order valence-electron chi connectivity index (χ4n) is 1.01. The van der Waals surface area contributed by atoms with E-state index in [1.54, 1.807) is 0 Å². The predicted octanol–water partition coefficient (Wildman–Crippen LogP) is 2.59. The third-order valence-electron chi connectivity index (χ3n) is 1.60. The highest BCUT2D eigenvalue weighted by Gasteiger charge is 2.30. The molecule has 1 heterocycles. The maximum absolute atomic E-state index is 12.5. The number of ether oxygens (including phenoxy) is 1. The second kappa shape index (κ2) is 4.35. The summed E-state index contributed by atoms with van der Waals surface area (Å²) in [6.45, 7) is 0. The smallest absolute Gasteiger partial charge is 0.341 e. The van der Waals surface area contributed by atoms with Gasteiger partial charge >= 0.3 is 5.69 Å². The van der Waals surface area contributed by atoms with Gasteiger partial charge < -0.3 is 4.74 Å². The molecule has 0 saturated carbocycles. The number of halogens is 3. The lowest BCUT2D eigenvalue weighted by molar-refractivity contribution is -0.387. The van der Waals surface area contributed by atoms with Crippen molar-refractivity contribution in [1.29, 1.82) is 0 Å². The number of nitrogens with zero attached hydrogens (tertiary/aromatic N) is 2. The van der Waals surface area contributed by atoms with Crippen molar-refractivity contribution in [3.8, 4) is 5.88 Å². The molecule has 0 bridgehead atoms. The first-order valence-corrected chi connectivity index (χ1v) is 4.01. The van der Waals surface area contributed by atoms with Gasteiger partial charge in [0.15, 0.2) is 0 Å². The van der Waals surface area contributed by atoms with Crippen molar-refractivity contribution in [2.24, 2.45) is 0 Å². The summed E-state index contributed by atoms with van der Waals surface area (Å²) in [6.07, 6.45) is -2.18. The first-order valence-electron chi connectivity index (χ1n) is 3.64. The molecule has 1 aromatic heterocycles. The number of methoxy groups -OCH3 is 1. The summed E-state index contributed by atoms with van der Waals surface area (Å²) in [5.74, 6) is -0.486. The predicted molar refractivity (Wildman–Crippen MR) is 47.4 cm³/mol. The number of pyridine rings is 1. The summed E-state index contributed by atoms with van der Waals surface area (Å²) in [6, 6.07) is 0. The lowest BCUT2D eigenvalue weighted by atomic mass is 10.2. The quantitative estimate of drug-likeness (QED) is 0.600. The highest BCUT2D eigenvalue weighted by atomic mass is 35.5. The molecule has 82 valence electrons. The average Bonchev–Trinajstić information content (AvgIpc) is 2.16. The van der Waals surface area contributed by atoms with Gasteiger partial charge in [-0.2, -0.15) is 0 Å². The van der Waals surface area contributed by atoms with Crippen LogP contribution in [0.3, 0.4) is 0 Å². The Morgan fingerprint density at radius 3 is 2.67 bits per heavy atom. The van der Waals surface area contributed by atoms with Gasteiger partial charge in [0.2, 0.25) is 0 Å². The van der Waals surface area contributed by atoms with Gasteiger partial charge in [-0.1, -0.05) is 11.6 Å². The van der Waals surface area contributed by atoms with Crippen LogP contribution in [0.5, 0.6) is 5.88 Å². The van der Waals surface area contributed by atoms with E-state index < -0.39 is 33.5 Å². The molecule has 0 N–H and O–H groups in total. The zero-order valence-electron chi connectivity index (χ0n) is 7.41. The molecule has 0 amide bonds. The molecule has 0 aromatic carbocycles. The summed E-state index contributed by atoms with van der Waals surface area (Å²) in [5, 5.41) is 10.1. The summed E-state index contributed by atoms with van der Waals surface area (Å²) >= 11 is 5.39. The molecule has 1 aromatic rings. The van der Waals surface area contributed by atoms with Crippen LogP contribution in [0.4, 0.5) is 14.5 Å². The Morgan fingerprint density at radius 1 is 1.67 bits per heavy atom. The number of alkyl halides is 2. The molecule has 0 aliphatic carbocycles. The van der Waals surface area contributed by atoms with E-state index in [1.807, 2.05) is 0 Å². The number of rotatable bonds is 3. The van der Waals surface area contributed by atoms with Crippen molar-refractivity contribution in [3.05, 3.63) is 26.9 Å². The number of aromatic nitrogens is 1. The van der Waals surface area contributed by atoms with Gasteiger partial charge in [0.1, 0.15) is 5.56 Å². The average molecular weight is 239 g/mol. The third kappa shape index (κ3) is 2.12. The summed E-state index contributed by atoms with van der Waals surface area (Å²) in [7, 11) is 1.10. The molecule has 5 nitrogen and oxygen atoms in total. The minimum atomic E-state index is -3.06. The SMILES string of the molecule is COc1ncc(Cl)c(C(F)F)c1[N+](=O)[O-]. The van der Waals surface area contributed by atoms with Crippen molar-refractivity contribution in [1.82, 2.24) is 4.98 Å². The molecule has 0 unspecified atom stereocenters. The second-order valence-corrected chi connectivity index (χ2v) is 2.84. The van der Waals surface area contributed by atoms with Crippen LogP contribution in [0.25, 0.3) is 0 Å². The Hall–Kier alpha value is -1.50. The first-order chi connectivity index (χ1) is 6.99. The van der Waals surface area contributed by atoms with Gasteiger partial charge in [-0.15, -0.1) is 0 Å². The summed E-state index contributed by atoms with van der Waals surface area (Å²) in [5.41, 5.74) is -1.78. The van der Waals surface area contributed by atoms with Crippen LogP contribution in [0, 0.1) is 10.1 Å². The number of hydrogen-bond acceptors (Lipinski definition) is 4. The van der Waals surface area contributed by atoms with Crippen LogP contribution < -0.4 is 4.74 Å². The molecule has 0 atom stereocenters. The maximum Gasteiger partial charge on any atom is 0.341 e. The van der Waals surface area contributed by atoms with E-state index in [2.05, 4.69) is 9.72 Å². The van der Waals surface area contributed by atoms with Crippen LogP contribution in [0.2, 0.25) is 5.02 Å². The van der Waals surface area contributed by atoms with Crippen LogP contribution >= 0.6 is 11.6 Å². The number of hydrogen-bond donors (Lipinski definition) is 0. The van der Waals surface area contributed by atoms with E-state index in [9.17, 15) is 18.9 Å². The lowest BCUT2D eigenvalue weighted by Crippen LogP contribution is -2.02. The van der Waals surface area contributed by atoms with E-state index >= 15 is 0 Å². The van der Waals surface area contributed by atoms with Gasteiger partial charge in [0.05, 0.1) is 23.3 Å². The fraction of sp³-hybridized carbons (Fsp3) is 0.286. The normalized spacial score (nSPS) is 10.5. The second-order valence-electron chi connectivity index (χ2n) is 2.44. The maximum atomic E-state index is 12.5. The minimum absolute atomic E-state index is 0.461. The Balaban J connectivity index is 3.51. The Bertz CT molecular complexity index is 400. The van der Waals surface area contributed by atoms with Crippen LogP contribution in [0.1, 0.15) is 12.0 Å². The van der Waals surface area contributed by atoms with Crippen LogP contribution in [0.15, 0.2) is 6.20 Å². The van der Waals surface area contributed by atoms with Crippen LogP contribution in [-0.4, -0.2) is 17.0 Å². The Labute approximate surface area is 87.8 Å². The van der Waals surface area contributed by atoms with E-state index in [-0.39, 0.29) is 0 Å². The van der Waals surface area contributed by atoms with E-state index in [4.69, 9.17) is 11.6 Å². The standard InChI is InChI=1S/C7H5ClF2N2O3/c1-15-7-5(12(13)14)4(6(9)10)3(8)2-11-7/h2,6H,1H3. The van der Waals surface area contributed by atoms with Gasteiger partial charge in [-0.05, 0) is 0 Å². The minimum Gasteiger partial charge on any atom is -0.476 e. The topological polar surface area (TPSA) is 65.3 Å². The molecule has 0 spiro atoms. The fourth-order valence-corrected chi connectivity index (χ4v) is 1.23. The van der Waals surface area contributed by atoms with E-state index in [1.165, 1.54) is 0 Å². The van der Waals surface area contributed by atoms with Gasteiger partial charge in [-0.3, -0.25) is 10.1 Å². The summed E-state index contributed by atoms with van der Waals surface area (Å²) < 4.78 is 29.5. The molecule has 0 aliphatic rings. The van der Waals surface area contributed by atoms with Crippen molar-refractivity contribution >= 4 is 17.3 Å². The Kier molecular flexibility index (Phi) is 3.35. The van der Waals surface area contributed by atoms with E-state index in [0.29, 0.717) is 0 Å². The zero-order chi connectivity index (χ0) is 11.6. The zero-order valence-corrected chi connectivity index (χ0v) is 8.16. The molecule has 0 radical (unpaired) electrons.